The van der Waals surface area contributed by atoms with Crippen LogP contribution in [0.3, 0.4) is 0 Å². The minimum absolute atomic E-state index is 0. The first-order chi connectivity index (χ1) is 12.7. The number of methoxy groups -OCH3 is 1. The quantitative estimate of drug-likeness (QED) is 0.739. The molecule has 7 nitrogen and oxygen atoms in total. The van der Waals surface area contributed by atoms with Gasteiger partial charge in [-0.1, -0.05) is 12.1 Å². The number of aromatic nitrogens is 3. The fourth-order valence-electron chi connectivity index (χ4n) is 3.41. The second-order valence-electron chi connectivity index (χ2n) is 6.44. The molecule has 0 atom stereocenters. The SMILES string of the molecule is COc1cccc(-c2cc3c(N4CCC(C(=O)O)CC4)nccn3n2)c1.Cl. The minimum atomic E-state index is -0.708. The van der Waals surface area contributed by atoms with E-state index in [1.165, 1.54) is 0 Å². The van der Waals surface area contributed by atoms with Gasteiger partial charge in [0, 0.05) is 31.0 Å². The first-order valence-electron chi connectivity index (χ1n) is 8.62. The van der Waals surface area contributed by atoms with Gasteiger partial charge in [0.05, 0.1) is 18.7 Å². The molecule has 27 heavy (non-hydrogen) atoms. The summed E-state index contributed by atoms with van der Waals surface area (Å²) in [6.45, 7) is 1.37. The van der Waals surface area contributed by atoms with Gasteiger partial charge in [-0.05, 0) is 31.0 Å². The van der Waals surface area contributed by atoms with E-state index in [2.05, 4.69) is 15.0 Å². The molecule has 0 bridgehead atoms. The van der Waals surface area contributed by atoms with Gasteiger partial charge in [-0.25, -0.2) is 9.50 Å². The Morgan fingerprint density at radius 3 is 2.74 bits per heavy atom. The molecular weight excluding hydrogens is 368 g/mol. The summed E-state index contributed by atoms with van der Waals surface area (Å²) in [7, 11) is 1.64. The Morgan fingerprint density at radius 2 is 2.04 bits per heavy atom. The fraction of sp³-hybridized carbons (Fsp3) is 0.316. The number of benzene rings is 1. The van der Waals surface area contributed by atoms with Crippen molar-refractivity contribution >= 4 is 29.7 Å². The van der Waals surface area contributed by atoms with Crippen LogP contribution in [0.1, 0.15) is 12.8 Å². The molecule has 1 aliphatic heterocycles. The first kappa shape index (κ1) is 19.0. The van der Waals surface area contributed by atoms with Crippen LogP contribution in [-0.4, -0.2) is 45.9 Å². The fourth-order valence-corrected chi connectivity index (χ4v) is 3.41. The van der Waals surface area contributed by atoms with E-state index >= 15 is 0 Å². The van der Waals surface area contributed by atoms with E-state index in [0.29, 0.717) is 25.9 Å². The van der Waals surface area contributed by atoms with Crippen LogP contribution in [0.15, 0.2) is 42.7 Å². The van der Waals surface area contributed by atoms with Gasteiger partial charge < -0.3 is 14.7 Å². The molecule has 4 rings (SSSR count). The molecule has 0 unspecified atom stereocenters. The summed E-state index contributed by atoms with van der Waals surface area (Å²) in [6, 6.07) is 9.80. The van der Waals surface area contributed by atoms with Crippen LogP contribution >= 0.6 is 12.4 Å². The van der Waals surface area contributed by atoms with Crippen molar-refractivity contribution in [2.24, 2.45) is 5.92 Å². The van der Waals surface area contributed by atoms with Crippen LogP contribution in [0.25, 0.3) is 16.8 Å². The molecule has 142 valence electrons. The lowest BCUT2D eigenvalue weighted by Crippen LogP contribution is -2.37. The Bertz CT molecular complexity index is 951. The highest BCUT2D eigenvalue weighted by atomic mass is 35.5. The molecule has 0 saturated carbocycles. The van der Waals surface area contributed by atoms with Gasteiger partial charge in [-0.2, -0.15) is 5.10 Å². The number of nitrogens with zero attached hydrogens (tertiary/aromatic N) is 4. The summed E-state index contributed by atoms with van der Waals surface area (Å²) >= 11 is 0. The summed E-state index contributed by atoms with van der Waals surface area (Å²) in [5, 5.41) is 13.8. The zero-order valence-electron chi connectivity index (χ0n) is 14.9. The van der Waals surface area contributed by atoms with Gasteiger partial charge >= 0.3 is 5.97 Å². The Balaban J connectivity index is 0.00000210. The number of carbonyl (C=O) groups is 1. The third-order valence-electron chi connectivity index (χ3n) is 4.88. The van der Waals surface area contributed by atoms with Crippen LogP contribution in [0.4, 0.5) is 5.82 Å². The maximum Gasteiger partial charge on any atom is 0.306 e. The predicted molar refractivity (Wildman–Crippen MR) is 105 cm³/mol. The normalized spacial score (nSPS) is 14.8. The standard InChI is InChI=1S/C19H20N4O3.ClH/c1-26-15-4-2-3-14(11-15)16-12-17-18(20-7-10-23(17)21-16)22-8-5-13(6-9-22)19(24)25;/h2-4,7,10-13H,5-6,8-9H2,1H3,(H,24,25);1H. The molecule has 8 heteroatoms. The molecule has 0 radical (unpaired) electrons. The highest BCUT2D eigenvalue weighted by Gasteiger charge is 2.26. The largest absolute Gasteiger partial charge is 0.497 e. The van der Waals surface area contributed by atoms with Gasteiger partial charge in [0.15, 0.2) is 5.82 Å². The van der Waals surface area contributed by atoms with Gasteiger partial charge in [-0.15, -0.1) is 12.4 Å². The second-order valence-corrected chi connectivity index (χ2v) is 6.44. The van der Waals surface area contributed by atoms with E-state index in [9.17, 15) is 9.90 Å². The molecule has 2 aromatic heterocycles. The zero-order valence-corrected chi connectivity index (χ0v) is 15.7. The number of fused-ring (bicyclic) bond motifs is 1. The topological polar surface area (TPSA) is 80.0 Å². The van der Waals surface area contributed by atoms with Crippen molar-refractivity contribution in [2.45, 2.75) is 12.8 Å². The lowest BCUT2D eigenvalue weighted by Gasteiger charge is -2.31. The smallest absolute Gasteiger partial charge is 0.306 e. The molecule has 1 fully saturated rings. The molecule has 0 amide bonds. The van der Waals surface area contributed by atoms with Crippen LogP contribution < -0.4 is 9.64 Å². The molecule has 3 aromatic rings. The summed E-state index contributed by atoms with van der Waals surface area (Å²) in [5.41, 5.74) is 2.74. The Hall–Kier alpha value is -2.80. The third-order valence-corrected chi connectivity index (χ3v) is 4.88. The number of ether oxygens (including phenoxy) is 1. The van der Waals surface area contributed by atoms with Crippen molar-refractivity contribution in [2.75, 3.05) is 25.1 Å². The minimum Gasteiger partial charge on any atom is -0.497 e. The van der Waals surface area contributed by atoms with Crippen molar-refractivity contribution in [3.8, 4) is 17.0 Å². The van der Waals surface area contributed by atoms with Gasteiger partial charge in [0.2, 0.25) is 0 Å². The van der Waals surface area contributed by atoms with Crippen molar-refractivity contribution in [1.29, 1.82) is 0 Å². The van der Waals surface area contributed by atoms with Crippen molar-refractivity contribution in [3.05, 3.63) is 42.7 Å². The lowest BCUT2D eigenvalue weighted by molar-refractivity contribution is -0.142. The molecular formula is C19H21ClN4O3. The molecule has 3 heterocycles. The van der Waals surface area contributed by atoms with Gasteiger partial charge in [-0.3, -0.25) is 4.79 Å². The van der Waals surface area contributed by atoms with Crippen LogP contribution in [0.2, 0.25) is 0 Å². The zero-order chi connectivity index (χ0) is 18.1. The van der Waals surface area contributed by atoms with E-state index in [-0.39, 0.29) is 18.3 Å². The maximum absolute atomic E-state index is 11.2. The summed E-state index contributed by atoms with van der Waals surface area (Å²) in [4.78, 5) is 17.8. The number of piperidine rings is 1. The van der Waals surface area contributed by atoms with Crippen molar-refractivity contribution in [1.82, 2.24) is 14.6 Å². The van der Waals surface area contributed by atoms with E-state index in [1.807, 2.05) is 41.0 Å². The molecule has 1 N–H and O–H groups in total. The van der Waals surface area contributed by atoms with Gasteiger partial charge in [0.1, 0.15) is 11.3 Å². The molecule has 1 aromatic carbocycles. The molecule has 1 aliphatic rings. The van der Waals surface area contributed by atoms with Crippen molar-refractivity contribution in [3.63, 3.8) is 0 Å². The number of carboxylic acid groups (broad SMARTS) is 1. The summed E-state index contributed by atoms with van der Waals surface area (Å²) < 4.78 is 7.12. The van der Waals surface area contributed by atoms with E-state index in [0.717, 1.165) is 28.3 Å². The summed E-state index contributed by atoms with van der Waals surface area (Å²) in [6.07, 6.45) is 4.82. The van der Waals surface area contributed by atoms with Crippen LogP contribution in [-0.2, 0) is 4.79 Å². The van der Waals surface area contributed by atoms with E-state index in [1.54, 1.807) is 13.3 Å². The number of carboxylic acids is 1. The van der Waals surface area contributed by atoms with Crippen molar-refractivity contribution < 1.29 is 14.6 Å². The van der Waals surface area contributed by atoms with Gasteiger partial charge in [0.25, 0.3) is 0 Å². The average Bonchev–Trinajstić information content (AvgIpc) is 3.12. The molecule has 0 aliphatic carbocycles. The van der Waals surface area contributed by atoms with Crippen LogP contribution in [0, 0.1) is 5.92 Å². The average molecular weight is 389 g/mol. The maximum atomic E-state index is 11.2. The Morgan fingerprint density at radius 1 is 1.26 bits per heavy atom. The monoisotopic (exact) mass is 388 g/mol. The second kappa shape index (κ2) is 7.84. The molecule has 1 saturated heterocycles. The number of halogens is 1. The highest BCUT2D eigenvalue weighted by Crippen LogP contribution is 2.29. The summed E-state index contributed by atoms with van der Waals surface area (Å²) in [5.74, 6) is 0.662. The third kappa shape index (κ3) is 3.68. The first-order valence-corrected chi connectivity index (χ1v) is 8.62. The Labute approximate surface area is 163 Å². The predicted octanol–water partition coefficient (Wildman–Crippen LogP) is 3.13. The van der Waals surface area contributed by atoms with E-state index in [4.69, 9.17) is 4.74 Å². The number of hydrogen-bond donors (Lipinski definition) is 1. The number of aliphatic carboxylic acids is 1. The van der Waals surface area contributed by atoms with E-state index < -0.39 is 5.97 Å². The molecule has 0 spiro atoms. The number of anilines is 1. The Kier molecular flexibility index (Phi) is 5.51. The number of rotatable bonds is 4. The van der Waals surface area contributed by atoms with Crippen LogP contribution in [0.5, 0.6) is 5.75 Å². The number of hydrogen-bond acceptors (Lipinski definition) is 5. The lowest BCUT2D eigenvalue weighted by atomic mass is 9.97. The highest BCUT2D eigenvalue weighted by molar-refractivity contribution is 5.85.